The van der Waals surface area contributed by atoms with E-state index in [1.54, 1.807) is 7.11 Å². The van der Waals surface area contributed by atoms with Crippen molar-refractivity contribution in [2.24, 2.45) is 0 Å². The summed E-state index contributed by atoms with van der Waals surface area (Å²) in [6.45, 7) is 8.51. The van der Waals surface area contributed by atoms with Gasteiger partial charge in [-0.15, -0.1) is 0 Å². The Labute approximate surface area is 214 Å². The van der Waals surface area contributed by atoms with Crippen molar-refractivity contribution in [1.82, 2.24) is 10.1 Å². The molecule has 1 aromatic heterocycles. The van der Waals surface area contributed by atoms with Crippen molar-refractivity contribution in [3.63, 3.8) is 0 Å². The van der Waals surface area contributed by atoms with Crippen LogP contribution in [0.2, 0.25) is 0 Å². The molecule has 0 radical (unpaired) electrons. The van der Waals surface area contributed by atoms with E-state index in [1.807, 2.05) is 32.0 Å². The molecule has 2 aromatic carbocycles. The molecule has 0 bridgehead atoms. The highest BCUT2D eigenvalue weighted by molar-refractivity contribution is 5.68. The molecular formula is C29H39N3O4. The van der Waals surface area contributed by atoms with E-state index in [9.17, 15) is 5.11 Å². The molecule has 1 aliphatic heterocycles. The zero-order valence-electron chi connectivity index (χ0n) is 21.7. The smallest absolute Gasteiger partial charge is 0.232 e. The number of hydrogen-bond acceptors (Lipinski definition) is 7. The van der Waals surface area contributed by atoms with Crippen LogP contribution < -0.4 is 4.90 Å². The molecule has 1 N–H and O–H groups in total. The molecule has 0 spiro atoms. The van der Waals surface area contributed by atoms with Crippen molar-refractivity contribution < 1.29 is 19.1 Å². The van der Waals surface area contributed by atoms with E-state index in [2.05, 4.69) is 51.4 Å². The first-order valence-corrected chi connectivity index (χ1v) is 12.9. The maximum Gasteiger partial charge on any atom is 0.232 e. The zero-order chi connectivity index (χ0) is 25.3. The van der Waals surface area contributed by atoms with Gasteiger partial charge in [0.05, 0.1) is 24.4 Å². The standard InChI is InChI=1S/C29H39N3O4/c1-22(2)35-21-26(33)19-31(15-9-17-34-3)20-27-28(24-11-5-4-6-12-24)30-36-29(27)32-16-14-23-10-7-8-13-25(23)18-32/h4-8,10-13,22,26,33H,9,14-21H2,1-3H3/t26-/m1/s1. The first kappa shape index (κ1) is 26.4. The molecule has 0 amide bonds. The fourth-order valence-electron chi connectivity index (χ4n) is 4.73. The van der Waals surface area contributed by atoms with Gasteiger partial charge < -0.3 is 24.0 Å². The third-order valence-electron chi connectivity index (χ3n) is 6.53. The van der Waals surface area contributed by atoms with Crippen LogP contribution in [-0.2, 0) is 29.0 Å². The molecule has 1 atom stereocenters. The third-order valence-corrected chi connectivity index (χ3v) is 6.53. The lowest BCUT2D eigenvalue weighted by Gasteiger charge is -2.30. The number of aliphatic hydroxyl groups excluding tert-OH is 1. The summed E-state index contributed by atoms with van der Waals surface area (Å²) >= 11 is 0. The lowest BCUT2D eigenvalue weighted by molar-refractivity contribution is -0.0103. The van der Waals surface area contributed by atoms with E-state index in [0.29, 0.717) is 26.3 Å². The van der Waals surface area contributed by atoms with E-state index in [1.165, 1.54) is 11.1 Å². The number of rotatable bonds is 13. The molecule has 1 aliphatic rings. The van der Waals surface area contributed by atoms with Gasteiger partial charge in [0.15, 0.2) is 0 Å². The van der Waals surface area contributed by atoms with Gasteiger partial charge in [-0.1, -0.05) is 59.8 Å². The van der Waals surface area contributed by atoms with Gasteiger partial charge in [-0.2, -0.15) is 0 Å². The molecular weight excluding hydrogens is 454 g/mol. The normalized spacial score (nSPS) is 14.4. The lowest BCUT2D eigenvalue weighted by Crippen LogP contribution is -2.37. The van der Waals surface area contributed by atoms with Crippen LogP contribution in [0.15, 0.2) is 59.1 Å². The summed E-state index contributed by atoms with van der Waals surface area (Å²) < 4.78 is 17.0. The second kappa shape index (κ2) is 13.0. The highest BCUT2D eigenvalue weighted by atomic mass is 16.5. The Balaban J connectivity index is 1.61. The van der Waals surface area contributed by atoms with Crippen LogP contribution in [0.3, 0.4) is 0 Å². The van der Waals surface area contributed by atoms with E-state index < -0.39 is 6.10 Å². The molecule has 2 heterocycles. The Hall–Kier alpha value is -2.71. The van der Waals surface area contributed by atoms with E-state index >= 15 is 0 Å². The quantitative estimate of drug-likeness (QED) is 0.351. The van der Waals surface area contributed by atoms with Crippen LogP contribution in [0, 0.1) is 0 Å². The number of anilines is 1. The maximum atomic E-state index is 10.7. The molecule has 0 unspecified atom stereocenters. The van der Waals surface area contributed by atoms with Gasteiger partial charge in [-0.3, -0.25) is 4.90 Å². The summed E-state index contributed by atoms with van der Waals surface area (Å²) in [7, 11) is 1.72. The first-order valence-electron chi connectivity index (χ1n) is 12.9. The predicted octanol–water partition coefficient (Wildman–Crippen LogP) is 4.53. The van der Waals surface area contributed by atoms with E-state index in [-0.39, 0.29) is 6.10 Å². The van der Waals surface area contributed by atoms with Gasteiger partial charge in [-0.05, 0) is 37.8 Å². The molecule has 194 valence electrons. The average molecular weight is 494 g/mol. The average Bonchev–Trinajstić information content (AvgIpc) is 3.31. The number of ether oxygens (including phenoxy) is 2. The highest BCUT2D eigenvalue weighted by Gasteiger charge is 2.27. The molecule has 0 aliphatic carbocycles. The summed E-state index contributed by atoms with van der Waals surface area (Å²) in [4.78, 5) is 4.55. The van der Waals surface area contributed by atoms with Crippen molar-refractivity contribution in [3.8, 4) is 11.3 Å². The molecule has 4 rings (SSSR count). The predicted molar refractivity (Wildman–Crippen MR) is 142 cm³/mol. The number of benzene rings is 2. The Morgan fingerprint density at radius 2 is 1.83 bits per heavy atom. The van der Waals surface area contributed by atoms with Crippen molar-refractivity contribution >= 4 is 5.88 Å². The molecule has 0 fully saturated rings. The summed E-state index contributed by atoms with van der Waals surface area (Å²) in [6.07, 6.45) is 1.34. The SMILES string of the molecule is COCCCN(Cc1c(-c2ccccc2)noc1N1CCc2ccccc2C1)C[C@@H](O)COC(C)C. The van der Waals surface area contributed by atoms with Crippen LogP contribution in [0.25, 0.3) is 11.3 Å². The fraction of sp³-hybridized carbons (Fsp3) is 0.483. The number of fused-ring (bicyclic) bond motifs is 1. The fourth-order valence-corrected chi connectivity index (χ4v) is 4.73. The number of methoxy groups -OCH3 is 1. The molecule has 0 saturated carbocycles. The van der Waals surface area contributed by atoms with Crippen LogP contribution in [0.5, 0.6) is 0 Å². The minimum absolute atomic E-state index is 0.0814. The van der Waals surface area contributed by atoms with Gasteiger partial charge in [-0.25, -0.2) is 0 Å². The summed E-state index contributed by atoms with van der Waals surface area (Å²) in [5.41, 5.74) is 5.66. The van der Waals surface area contributed by atoms with Gasteiger partial charge in [0.25, 0.3) is 0 Å². The Bertz CT molecular complexity index is 1070. The van der Waals surface area contributed by atoms with Crippen molar-refractivity contribution in [3.05, 3.63) is 71.3 Å². The molecule has 7 nitrogen and oxygen atoms in total. The molecule has 7 heteroatoms. The highest BCUT2D eigenvalue weighted by Crippen LogP contribution is 2.35. The maximum absolute atomic E-state index is 10.7. The van der Waals surface area contributed by atoms with Crippen molar-refractivity contribution in [2.45, 2.75) is 52.0 Å². The summed E-state index contributed by atoms with van der Waals surface area (Å²) in [6, 6.07) is 18.8. The summed E-state index contributed by atoms with van der Waals surface area (Å²) in [5, 5.41) is 15.3. The number of aliphatic hydroxyl groups is 1. The van der Waals surface area contributed by atoms with Crippen molar-refractivity contribution in [2.75, 3.05) is 44.9 Å². The number of hydrogen-bond donors (Lipinski definition) is 1. The molecule has 0 saturated heterocycles. The van der Waals surface area contributed by atoms with Crippen LogP contribution in [0.4, 0.5) is 5.88 Å². The third kappa shape index (κ3) is 6.95. The Morgan fingerprint density at radius 3 is 2.58 bits per heavy atom. The van der Waals surface area contributed by atoms with E-state index in [0.717, 1.165) is 55.2 Å². The Kier molecular flexibility index (Phi) is 9.53. The monoisotopic (exact) mass is 493 g/mol. The zero-order valence-corrected chi connectivity index (χ0v) is 21.7. The second-order valence-corrected chi connectivity index (χ2v) is 9.74. The minimum Gasteiger partial charge on any atom is -0.389 e. The van der Waals surface area contributed by atoms with Gasteiger partial charge in [0.2, 0.25) is 5.88 Å². The topological polar surface area (TPSA) is 71.2 Å². The van der Waals surface area contributed by atoms with Crippen molar-refractivity contribution in [1.29, 1.82) is 0 Å². The minimum atomic E-state index is -0.583. The number of nitrogens with zero attached hydrogens (tertiary/aromatic N) is 3. The number of aromatic nitrogens is 1. The second-order valence-electron chi connectivity index (χ2n) is 9.74. The van der Waals surface area contributed by atoms with E-state index in [4.69, 9.17) is 14.0 Å². The summed E-state index contributed by atoms with van der Waals surface area (Å²) in [5.74, 6) is 0.813. The van der Waals surface area contributed by atoms with Gasteiger partial charge >= 0.3 is 0 Å². The largest absolute Gasteiger partial charge is 0.389 e. The lowest BCUT2D eigenvalue weighted by atomic mass is 9.99. The molecule has 3 aromatic rings. The van der Waals surface area contributed by atoms with Gasteiger partial charge in [0.1, 0.15) is 5.69 Å². The molecule has 36 heavy (non-hydrogen) atoms. The Morgan fingerprint density at radius 1 is 1.08 bits per heavy atom. The first-order chi connectivity index (χ1) is 17.5. The van der Waals surface area contributed by atoms with Crippen LogP contribution in [0.1, 0.15) is 37.0 Å². The van der Waals surface area contributed by atoms with Gasteiger partial charge in [0, 0.05) is 52.0 Å². The van der Waals surface area contributed by atoms with Crippen LogP contribution >= 0.6 is 0 Å². The van der Waals surface area contributed by atoms with Crippen LogP contribution in [-0.4, -0.2) is 67.3 Å².